The molecule has 17 heavy (non-hydrogen) atoms. The first-order valence-corrected chi connectivity index (χ1v) is 5.50. The predicted octanol–water partition coefficient (Wildman–Crippen LogP) is 2.15. The van der Waals surface area contributed by atoms with Crippen LogP contribution in [0.4, 0.5) is 0 Å². The van der Waals surface area contributed by atoms with Crippen LogP contribution in [0.3, 0.4) is 0 Å². The Morgan fingerprint density at radius 2 is 2.06 bits per heavy atom. The van der Waals surface area contributed by atoms with Crippen molar-refractivity contribution in [3.05, 3.63) is 36.0 Å². The largest absolute Gasteiger partial charge is 0.481 e. The van der Waals surface area contributed by atoms with Crippen LogP contribution in [0.2, 0.25) is 0 Å². The number of aromatic amines is 1. The number of fused-ring (bicyclic) bond motifs is 1. The van der Waals surface area contributed by atoms with Crippen LogP contribution in [0.15, 0.2) is 30.5 Å². The van der Waals surface area contributed by atoms with Gasteiger partial charge in [0.1, 0.15) is 0 Å². The number of nitrogens with one attached hydrogen (secondary N) is 1. The van der Waals surface area contributed by atoms with Gasteiger partial charge in [-0.2, -0.15) is 0 Å². The number of nitrogens with two attached hydrogens (primary N) is 1. The molecule has 2 aromatic rings. The van der Waals surface area contributed by atoms with Crippen LogP contribution in [-0.2, 0) is 11.2 Å². The zero-order chi connectivity index (χ0) is 12.8. The van der Waals surface area contributed by atoms with E-state index in [1.165, 1.54) is 16.5 Å². The first kappa shape index (κ1) is 13.3. The molecule has 0 radical (unpaired) electrons. The molecule has 0 saturated carbocycles. The lowest BCUT2D eigenvalue weighted by molar-refractivity contribution is -0.134. The van der Waals surface area contributed by atoms with Crippen molar-refractivity contribution >= 4 is 16.9 Å². The number of para-hydroxylation sites is 1. The maximum absolute atomic E-state index is 9.00. The number of hydrogen-bond acceptors (Lipinski definition) is 2. The van der Waals surface area contributed by atoms with E-state index >= 15 is 0 Å². The van der Waals surface area contributed by atoms with E-state index in [-0.39, 0.29) is 6.04 Å². The summed E-state index contributed by atoms with van der Waals surface area (Å²) in [6.07, 6.45) is 2.98. The molecule has 1 atom stereocenters. The molecule has 0 spiro atoms. The van der Waals surface area contributed by atoms with Gasteiger partial charge in [0.05, 0.1) is 0 Å². The summed E-state index contributed by atoms with van der Waals surface area (Å²) < 4.78 is 0. The second-order valence-electron chi connectivity index (χ2n) is 4.06. The lowest BCUT2D eigenvalue weighted by Crippen LogP contribution is -2.17. The summed E-state index contributed by atoms with van der Waals surface area (Å²) >= 11 is 0. The fourth-order valence-electron chi connectivity index (χ4n) is 1.65. The van der Waals surface area contributed by atoms with Crippen molar-refractivity contribution in [3.63, 3.8) is 0 Å². The Bertz CT molecular complexity index is 485. The van der Waals surface area contributed by atoms with Crippen LogP contribution >= 0.6 is 0 Å². The molecule has 0 aliphatic rings. The topological polar surface area (TPSA) is 79.1 Å². The highest BCUT2D eigenvalue weighted by Gasteiger charge is 2.03. The maximum Gasteiger partial charge on any atom is 0.300 e. The molecule has 0 saturated heterocycles. The Hall–Kier alpha value is -1.81. The average Bonchev–Trinajstić information content (AvgIpc) is 2.60. The number of carboxylic acid groups (broad SMARTS) is 1. The molecule has 1 aromatic heterocycles. The maximum atomic E-state index is 9.00. The van der Waals surface area contributed by atoms with Gasteiger partial charge in [0.15, 0.2) is 0 Å². The van der Waals surface area contributed by atoms with Gasteiger partial charge in [-0.15, -0.1) is 0 Å². The molecule has 0 fully saturated rings. The number of aliphatic carboxylic acids is 1. The summed E-state index contributed by atoms with van der Waals surface area (Å²) in [6.45, 7) is 3.11. The average molecular weight is 234 g/mol. The van der Waals surface area contributed by atoms with Gasteiger partial charge >= 0.3 is 0 Å². The highest BCUT2D eigenvalue weighted by atomic mass is 16.4. The summed E-state index contributed by atoms with van der Waals surface area (Å²) in [5, 5.41) is 8.71. The number of rotatable bonds is 2. The lowest BCUT2D eigenvalue weighted by Gasteiger charge is -2.02. The zero-order valence-electron chi connectivity index (χ0n) is 10.1. The second kappa shape index (κ2) is 6.06. The number of benzene rings is 1. The SMILES string of the molecule is CC(=O)O.CC(N)Cc1c[nH]c2ccccc12. The van der Waals surface area contributed by atoms with Crippen LogP contribution < -0.4 is 5.73 Å². The van der Waals surface area contributed by atoms with Crippen molar-refractivity contribution in [1.82, 2.24) is 4.98 Å². The molecular weight excluding hydrogens is 216 g/mol. The number of hydrogen-bond donors (Lipinski definition) is 3. The number of carbonyl (C=O) groups is 1. The van der Waals surface area contributed by atoms with Crippen molar-refractivity contribution < 1.29 is 9.90 Å². The third-order valence-electron chi connectivity index (χ3n) is 2.22. The lowest BCUT2D eigenvalue weighted by atomic mass is 10.1. The van der Waals surface area contributed by atoms with E-state index in [0.29, 0.717) is 0 Å². The van der Waals surface area contributed by atoms with Crippen LogP contribution in [-0.4, -0.2) is 22.1 Å². The Morgan fingerprint density at radius 1 is 1.47 bits per heavy atom. The van der Waals surface area contributed by atoms with Crippen LogP contribution in [0.25, 0.3) is 10.9 Å². The van der Waals surface area contributed by atoms with Gasteiger partial charge in [0.25, 0.3) is 5.97 Å². The smallest absolute Gasteiger partial charge is 0.300 e. The third kappa shape index (κ3) is 4.28. The molecule has 0 bridgehead atoms. The van der Waals surface area contributed by atoms with Gasteiger partial charge in [-0.3, -0.25) is 4.79 Å². The Morgan fingerprint density at radius 3 is 2.65 bits per heavy atom. The Labute approximate surface area is 100 Å². The van der Waals surface area contributed by atoms with Gasteiger partial charge in [0.2, 0.25) is 0 Å². The molecule has 1 aromatic carbocycles. The minimum atomic E-state index is -0.833. The van der Waals surface area contributed by atoms with E-state index in [2.05, 4.69) is 23.2 Å². The summed E-state index contributed by atoms with van der Waals surface area (Å²) in [5.74, 6) is -0.833. The predicted molar refractivity (Wildman–Crippen MR) is 69.0 cm³/mol. The molecule has 4 N–H and O–H groups in total. The molecular formula is C13H18N2O2. The van der Waals surface area contributed by atoms with Crippen molar-refractivity contribution in [2.24, 2.45) is 5.73 Å². The van der Waals surface area contributed by atoms with Crippen LogP contribution in [0, 0.1) is 0 Å². The van der Waals surface area contributed by atoms with Gasteiger partial charge in [-0.1, -0.05) is 18.2 Å². The van der Waals surface area contributed by atoms with E-state index in [1.807, 2.05) is 19.2 Å². The molecule has 2 rings (SSSR count). The summed E-state index contributed by atoms with van der Waals surface area (Å²) in [4.78, 5) is 12.2. The van der Waals surface area contributed by atoms with Crippen molar-refractivity contribution in [1.29, 1.82) is 0 Å². The summed E-state index contributed by atoms with van der Waals surface area (Å²) in [6, 6.07) is 8.53. The Kier molecular flexibility index (Phi) is 4.72. The molecule has 1 unspecified atom stereocenters. The fourth-order valence-corrected chi connectivity index (χ4v) is 1.65. The minimum Gasteiger partial charge on any atom is -0.481 e. The van der Waals surface area contributed by atoms with E-state index in [4.69, 9.17) is 15.6 Å². The molecule has 4 nitrogen and oxygen atoms in total. The molecule has 4 heteroatoms. The standard InChI is InChI=1S/C11H14N2.C2H4O2/c1-8(12)6-9-7-13-11-5-3-2-4-10(9)11;1-2(3)4/h2-5,7-8,13H,6,12H2,1H3;1H3,(H,3,4). The number of H-pyrrole nitrogens is 1. The molecule has 0 aliphatic heterocycles. The minimum absolute atomic E-state index is 0.221. The van der Waals surface area contributed by atoms with Crippen LogP contribution in [0.1, 0.15) is 19.4 Å². The van der Waals surface area contributed by atoms with Crippen molar-refractivity contribution in [3.8, 4) is 0 Å². The van der Waals surface area contributed by atoms with Gasteiger partial charge in [0, 0.05) is 30.1 Å². The van der Waals surface area contributed by atoms with Gasteiger partial charge < -0.3 is 15.8 Å². The summed E-state index contributed by atoms with van der Waals surface area (Å²) in [5.41, 5.74) is 8.26. The van der Waals surface area contributed by atoms with Gasteiger partial charge in [-0.05, 0) is 25.0 Å². The molecule has 1 heterocycles. The Balaban J connectivity index is 0.000000317. The van der Waals surface area contributed by atoms with E-state index in [0.717, 1.165) is 13.3 Å². The van der Waals surface area contributed by atoms with E-state index in [1.54, 1.807) is 0 Å². The van der Waals surface area contributed by atoms with Crippen molar-refractivity contribution in [2.75, 3.05) is 0 Å². The van der Waals surface area contributed by atoms with E-state index < -0.39 is 5.97 Å². The molecule has 92 valence electrons. The highest BCUT2D eigenvalue weighted by molar-refractivity contribution is 5.83. The molecule has 0 amide bonds. The third-order valence-corrected chi connectivity index (χ3v) is 2.22. The highest BCUT2D eigenvalue weighted by Crippen LogP contribution is 2.18. The first-order chi connectivity index (χ1) is 8.00. The van der Waals surface area contributed by atoms with Gasteiger partial charge in [-0.25, -0.2) is 0 Å². The van der Waals surface area contributed by atoms with E-state index in [9.17, 15) is 0 Å². The monoisotopic (exact) mass is 234 g/mol. The first-order valence-electron chi connectivity index (χ1n) is 5.50. The summed E-state index contributed by atoms with van der Waals surface area (Å²) in [7, 11) is 0. The normalized spacial score (nSPS) is 11.7. The number of carboxylic acids is 1. The number of aromatic nitrogens is 1. The quantitative estimate of drug-likeness (QED) is 0.745. The second-order valence-corrected chi connectivity index (χ2v) is 4.06. The molecule has 0 aliphatic carbocycles. The fraction of sp³-hybridized carbons (Fsp3) is 0.308. The van der Waals surface area contributed by atoms with Crippen LogP contribution in [0.5, 0.6) is 0 Å². The zero-order valence-corrected chi connectivity index (χ0v) is 10.1. The van der Waals surface area contributed by atoms with Crippen molar-refractivity contribution in [2.45, 2.75) is 26.3 Å².